The maximum absolute atomic E-state index is 12.1. The Morgan fingerprint density at radius 2 is 1.79 bits per heavy atom. The van der Waals surface area contributed by atoms with Crippen LogP contribution in [0, 0.1) is 25.2 Å². The Hall–Kier alpha value is -2.60. The third kappa shape index (κ3) is 2.99. The van der Waals surface area contributed by atoms with Gasteiger partial charge in [-0.05, 0) is 49.7 Å². The van der Waals surface area contributed by atoms with E-state index in [9.17, 15) is 4.79 Å². The number of amides is 1. The molecule has 0 spiro atoms. The van der Waals surface area contributed by atoms with Crippen molar-refractivity contribution in [1.29, 1.82) is 5.26 Å². The third-order valence-corrected chi connectivity index (χ3v) is 2.91. The van der Waals surface area contributed by atoms with Gasteiger partial charge >= 0.3 is 0 Å². The molecule has 2 rings (SSSR count). The molecule has 0 aliphatic carbocycles. The van der Waals surface area contributed by atoms with Crippen LogP contribution in [0.25, 0.3) is 0 Å². The molecule has 94 valence electrons. The van der Waals surface area contributed by atoms with Gasteiger partial charge in [0.1, 0.15) is 0 Å². The molecule has 0 heterocycles. The van der Waals surface area contributed by atoms with Gasteiger partial charge in [-0.3, -0.25) is 4.79 Å². The van der Waals surface area contributed by atoms with Crippen molar-refractivity contribution in [3.05, 3.63) is 64.7 Å². The smallest absolute Gasteiger partial charge is 0.255 e. The predicted molar refractivity (Wildman–Crippen MR) is 75.0 cm³/mol. The lowest BCUT2D eigenvalue weighted by molar-refractivity contribution is 0.102. The average molecular weight is 250 g/mol. The van der Waals surface area contributed by atoms with Gasteiger partial charge in [-0.25, -0.2) is 0 Å². The topological polar surface area (TPSA) is 52.9 Å². The first kappa shape index (κ1) is 12.8. The molecule has 0 bridgehead atoms. The lowest BCUT2D eigenvalue weighted by Crippen LogP contribution is -2.12. The van der Waals surface area contributed by atoms with E-state index >= 15 is 0 Å². The first-order chi connectivity index (χ1) is 9.10. The molecule has 3 heteroatoms. The van der Waals surface area contributed by atoms with Gasteiger partial charge in [0.2, 0.25) is 0 Å². The Kier molecular flexibility index (Phi) is 3.63. The summed E-state index contributed by atoms with van der Waals surface area (Å²) in [4.78, 5) is 12.1. The summed E-state index contributed by atoms with van der Waals surface area (Å²) in [5.74, 6) is -0.170. The molecular formula is C16H14N2O. The predicted octanol–water partition coefficient (Wildman–Crippen LogP) is 3.43. The number of aryl methyl sites for hydroxylation is 2. The normalized spacial score (nSPS) is 9.74. The van der Waals surface area contributed by atoms with Gasteiger partial charge in [-0.2, -0.15) is 5.26 Å². The number of hydrogen-bond acceptors (Lipinski definition) is 2. The van der Waals surface area contributed by atoms with Crippen LogP contribution in [0.15, 0.2) is 42.5 Å². The van der Waals surface area contributed by atoms with E-state index in [2.05, 4.69) is 5.32 Å². The van der Waals surface area contributed by atoms with Crippen molar-refractivity contribution in [3.8, 4) is 6.07 Å². The Balaban J connectivity index is 2.18. The molecule has 2 aromatic carbocycles. The number of carbonyl (C=O) groups excluding carboxylic acids is 1. The van der Waals surface area contributed by atoms with Gasteiger partial charge in [-0.15, -0.1) is 0 Å². The molecule has 0 unspecified atom stereocenters. The van der Waals surface area contributed by atoms with E-state index in [0.717, 1.165) is 16.8 Å². The molecule has 1 N–H and O–H groups in total. The number of anilines is 1. The Morgan fingerprint density at radius 3 is 2.37 bits per heavy atom. The summed E-state index contributed by atoms with van der Waals surface area (Å²) < 4.78 is 0. The van der Waals surface area contributed by atoms with Gasteiger partial charge < -0.3 is 5.32 Å². The second kappa shape index (κ2) is 5.36. The van der Waals surface area contributed by atoms with Crippen LogP contribution >= 0.6 is 0 Å². The lowest BCUT2D eigenvalue weighted by atomic mass is 10.1. The summed E-state index contributed by atoms with van der Waals surface area (Å²) in [7, 11) is 0. The number of hydrogen-bond donors (Lipinski definition) is 1. The van der Waals surface area contributed by atoms with Crippen molar-refractivity contribution < 1.29 is 4.79 Å². The highest BCUT2D eigenvalue weighted by Gasteiger charge is 2.07. The van der Waals surface area contributed by atoms with Gasteiger partial charge in [0.15, 0.2) is 0 Å². The summed E-state index contributed by atoms with van der Waals surface area (Å²) in [6, 6.07) is 14.5. The zero-order chi connectivity index (χ0) is 13.8. The van der Waals surface area contributed by atoms with Crippen molar-refractivity contribution in [1.82, 2.24) is 0 Å². The fourth-order valence-corrected chi connectivity index (χ4v) is 1.84. The van der Waals surface area contributed by atoms with Crippen LogP contribution in [-0.4, -0.2) is 5.91 Å². The molecule has 0 fully saturated rings. The molecule has 0 radical (unpaired) electrons. The van der Waals surface area contributed by atoms with E-state index in [4.69, 9.17) is 5.26 Å². The van der Waals surface area contributed by atoms with E-state index < -0.39 is 0 Å². The first-order valence-electron chi connectivity index (χ1n) is 5.99. The van der Waals surface area contributed by atoms with E-state index in [-0.39, 0.29) is 5.91 Å². The highest BCUT2D eigenvalue weighted by Crippen LogP contribution is 2.17. The van der Waals surface area contributed by atoms with Crippen LogP contribution in [0.2, 0.25) is 0 Å². The molecule has 1 amide bonds. The lowest BCUT2D eigenvalue weighted by Gasteiger charge is -2.09. The highest BCUT2D eigenvalue weighted by atomic mass is 16.1. The summed E-state index contributed by atoms with van der Waals surface area (Å²) >= 11 is 0. The zero-order valence-corrected chi connectivity index (χ0v) is 10.9. The van der Waals surface area contributed by atoms with Crippen LogP contribution in [0.4, 0.5) is 5.69 Å². The van der Waals surface area contributed by atoms with E-state index in [1.165, 1.54) is 0 Å². The first-order valence-corrected chi connectivity index (χ1v) is 5.99. The number of nitrogens with one attached hydrogen (secondary N) is 1. The van der Waals surface area contributed by atoms with Crippen LogP contribution in [-0.2, 0) is 0 Å². The molecule has 0 aromatic heterocycles. The highest BCUT2D eigenvalue weighted by molar-refractivity contribution is 6.04. The van der Waals surface area contributed by atoms with E-state index in [1.807, 2.05) is 38.1 Å². The molecule has 0 aliphatic heterocycles. The number of rotatable bonds is 2. The quantitative estimate of drug-likeness (QED) is 0.887. The standard InChI is InChI=1S/C16H14N2O/c1-11-3-8-15(12(2)9-11)18-16(19)14-6-4-13(10-17)5-7-14/h3-9H,1-2H3,(H,18,19). The summed E-state index contributed by atoms with van der Waals surface area (Å²) in [5.41, 5.74) is 4.08. The maximum atomic E-state index is 12.1. The molecule has 2 aromatic rings. The van der Waals surface area contributed by atoms with Crippen molar-refractivity contribution in [2.45, 2.75) is 13.8 Å². The number of nitrogens with zero attached hydrogens (tertiary/aromatic N) is 1. The molecule has 0 saturated heterocycles. The second-order valence-electron chi connectivity index (χ2n) is 4.46. The third-order valence-electron chi connectivity index (χ3n) is 2.91. The summed E-state index contributed by atoms with van der Waals surface area (Å²) in [6.45, 7) is 3.97. The Labute approximate surface area is 112 Å². The minimum absolute atomic E-state index is 0.170. The van der Waals surface area contributed by atoms with E-state index in [0.29, 0.717) is 11.1 Å². The van der Waals surface area contributed by atoms with Crippen molar-refractivity contribution in [2.24, 2.45) is 0 Å². The van der Waals surface area contributed by atoms with Crippen LogP contribution in [0.5, 0.6) is 0 Å². The molecule has 0 saturated carbocycles. The zero-order valence-electron chi connectivity index (χ0n) is 10.9. The summed E-state index contributed by atoms with van der Waals surface area (Å²) in [5, 5.41) is 11.6. The molecule has 3 nitrogen and oxygen atoms in total. The number of benzene rings is 2. The van der Waals surface area contributed by atoms with Gasteiger partial charge in [0, 0.05) is 11.3 Å². The second-order valence-corrected chi connectivity index (χ2v) is 4.46. The Bertz CT molecular complexity index is 651. The minimum atomic E-state index is -0.170. The molecule has 0 atom stereocenters. The number of nitriles is 1. The van der Waals surface area contributed by atoms with Crippen molar-refractivity contribution >= 4 is 11.6 Å². The monoisotopic (exact) mass is 250 g/mol. The van der Waals surface area contributed by atoms with Gasteiger partial charge in [-0.1, -0.05) is 17.7 Å². The molecule has 0 aliphatic rings. The largest absolute Gasteiger partial charge is 0.322 e. The van der Waals surface area contributed by atoms with Crippen LogP contribution < -0.4 is 5.32 Å². The number of carbonyl (C=O) groups is 1. The fraction of sp³-hybridized carbons (Fsp3) is 0.125. The molecule has 19 heavy (non-hydrogen) atoms. The summed E-state index contributed by atoms with van der Waals surface area (Å²) in [6.07, 6.45) is 0. The van der Waals surface area contributed by atoms with Crippen molar-refractivity contribution in [2.75, 3.05) is 5.32 Å². The maximum Gasteiger partial charge on any atom is 0.255 e. The SMILES string of the molecule is Cc1ccc(NC(=O)c2ccc(C#N)cc2)c(C)c1. The van der Waals surface area contributed by atoms with E-state index in [1.54, 1.807) is 24.3 Å². The van der Waals surface area contributed by atoms with Crippen molar-refractivity contribution in [3.63, 3.8) is 0 Å². The van der Waals surface area contributed by atoms with Crippen LogP contribution in [0.3, 0.4) is 0 Å². The Morgan fingerprint density at radius 1 is 1.11 bits per heavy atom. The van der Waals surface area contributed by atoms with Gasteiger partial charge in [0.05, 0.1) is 11.6 Å². The fourth-order valence-electron chi connectivity index (χ4n) is 1.84. The minimum Gasteiger partial charge on any atom is -0.322 e. The average Bonchev–Trinajstić information content (AvgIpc) is 2.42. The molecular weight excluding hydrogens is 236 g/mol. The van der Waals surface area contributed by atoms with Crippen LogP contribution in [0.1, 0.15) is 27.0 Å². The van der Waals surface area contributed by atoms with Gasteiger partial charge in [0.25, 0.3) is 5.91 Å².